The van der Waals surface area contributed by atoms with E-state index in [0.717, 1.165) is 6.07 Å². The third kappa shape index (κ3) is 3.32. The van der Waals surface area contributed by atoms with Gasteiger partial charge in [-0.1, -0.05) is 31.5 Å². The van der Waals surface area contributed by atoms with Gasteiger partial charge in [-0.15, -0.1) is 0 Å². The van der Waals surface area contributed by atoms with Crippen molar-refractivity contribution in [2.75, 3.05) is 7.11 Å². The molecule has 1 rings (SSSR count). The minimum atomic E-state index is -4.53. The van der Waals surface area contributed by atoms with Gasteiger partial charge < -0.3 is 4.74 Å². The average Bonchev–Trinajstić information content (AvgIpc) is 2.34. The lowest BCUT2D eigenvalue weighted by Gasteiger charge is -2.16. The summed E-state index contributed by atoms with van der Waals surface area (Å²) in [6.45, 7) is 1.84. The lowest BCUT2D eigenvalue weighted by atomic mass is 9.97. The maximum atomic E-state index is 12.8. The zero-order valence-electron chi connectivity index (χ0n) is 10.3. The van der Waals surface area contributed by atoms with Crippen LogP contribution in [0.3, 0.4) is 0 Å². The van der Waals surface area contributed by atoms with Crippen LogP contribution in [0.15, 0.2) is 24.3 Å². The summed E-state index contributed by atoms with van der Waals surface area (Å²) in [6, 6.07) is 4.78. The highest BCUT2D eigenvalue weighted by atomic mass is 19.4. The minimum absolute atomic E-state index is 0.328. The predicted octanol–water partition coefficient (Wildman–Crippen LogP) is 3.70. The topological polar surface area (TPSA) is 26.3 Å². The number of hydrogen-bond acceptors (Lipinski definition) is 2. The smallest absolute Gasteiger partial charge is 0.373 e. The SMILES string of the molecule is CCCC(OC)C(=O)c1ccccc1C(F)(F)F. The van der Waals surface area contributed by atoms with E-state index in [1.165, 1.54) is 25.3 Å². The largest absolute Gasteiger partial charge is 0.417 e. The Bertz CT molecular complexity index is 413. The van der Waals surface area contributed by atoms with Crippen molar-refractivity contribution in [3.63, 3.8) is 0 Å². The molecular formula is C13H15F3O2. The van der Waals surface area contributed by atoms with Crippen LogP contribution in [0.2, 0.25) is 0 Å². The first kappa shape index (κ1) is 14.7. The van der Waals surface area contributed by atoms with Crippen molar-refractivity contribution in [2.24, 2.45) is 0 Å². The van der Waals surface area contributed by atoms with E-state index >= 15 is 0 Å². The van der Waals surface area contributed by atoms with Crippen molar-refractivity contribution in [1.82, 2.24) is 0 Å². The Morgan fingerprint density at radius 3 is 2.44 bits per heavy atom. The van der Waals surface area contributed by atoms with Gasteiger partial charge in [0, 0.05) is 12.7 Å². The summed E-state index contributed by atoms with van der Waals surface area (Å²) in [5.41, 5.74) is -1.24. The highest BCUT2D eigenvalue weighted by Gasteiger charge is 2.36. The number of hydrogen-bond donors (Lipinski definition) is 0. The molecule has 0 aliphatic carbocycles. The summed E-state index contributed by atoms with van der Waals surface area (Å²) >= 11 is 0. The van der Waals surface area contributed by atoms with E-state index in [-0.39, 0.29) is 5.56 Å². The molecule has 1 atom stereocenters. The van der Waals surface area contributed by atoms with Gasteiger partial charge in [0.05, 0.1) is 5.56 Å². The average molecular weight is 260 g/mol. The quantitative estimate of drug-likeness (QED) is 0.754. The second kappa shape index (κ2) is 6.00. The number of rotatable bonds is 5. The Kier molecular flexibility index (Phi) is 4.90. The fourth-order valence-corrected chi connectivity index (χ4v) is 1.74. The number of Topliss-reactive ketones (excluding diaryl/α,β-unsaturated/α-hetero) is 1. The Hall–Kier alpha value is -1.36. The van der Waals surface area contributed by atoms with E-state index < -0.39 is 23.6 Å². The van der Waals surface area contributed by atoms with Gasteiger partial charge in [0.25, 0.3) is 0 Å². The fourth-order valence-electron chi connectivity index (χ4n) is 1.74. The molecule has 0 bridgehead atoms. The van der Waals surface area contributed by atoms with Gasteiger partial charge in [-0.3, -0.25) is 4.79 Å². The zero-order chi connectivity index (χ0) is 13.8. The first-order chi connectivity index (χ1) is 8.41. The van der Waals surface area contributed by atoms with Crippen LogP contribution in [0.25, 0.3) is 0 Å². The summed E-state index contributed by atoms with van der Waals surface area (Å²) in [4.78, 5) is 12.0. The van der Waals surface area contributed by atoms with Crippen molar-refractivity contribution in [2.45, 2.75) is 32.0 Å². The van der Waals surface area contributed by atoms with Crippen molar-refractivity contribution >= 4 is 5.78 Å². The Balaban J connectivity index is 3.13. The maximum Gasteiger partial charge on any atom is 0.417 e. The molecule has 0 saturated heterocycles. The molecule has 18 heavy (non-hydrogen) atoms. The summed E-state index contributed by atoms with van der Waals surface area (Å²) in [6.07, 6.45) is -4.28. The molecule has 0 aliphatic rings. The van der Waals surface area contributed by atoms with Crippen molar-refractivity contribution in [1.29, 1.82) is 0 Å². The normalized spacial score (nSPS) is 13.4. The van der Waals surface area contributed by atoms with Gasteiger partial charge in [0.1, 0.15) is 6.10 Å². The third-order valence-electron chi connectivity index (χ3n) is 2.63. The number of methoxy groups -OCH3 is 1. The monoisotopic (exact) mass is 260 g/mol. The van der Waals surface area contributed by atoms with E-state index in [4.69, 9.17) is 4.74 Å². The molecular weight excluding hydrogens is 245 g/mol. The zero-order valence-corrected chi connectivity index (χ0v) is 10.3. The molecule has 0 fully saturated rings. The van der Waals surface area contributed by atoms with E-state index in [1.807, 2.05) is 6.92 Å². The molecule has 1 unspecified atom stereocenters. The molecule has 0 spiro atoms. The van der Waals surface area contributed by atoms with Gasteiger partial charge in [-0.05, 0) is 12.5 Å². The van der Waals surface area contributed by atoms with Crippen LogP contribution < -0.4 is 0 Å². The highest BCUT2D eigenvalue weighted by Crippen LogP contribution is 2.32. The number of benzene rings is 1. The van der Waals surface area contributed by atoms with E-state index in [0.29, 0.717) is 12.8 Å². The van der Waals surface area contributed by atoms with Gasteiger partial charge in [0.2, 0.25) is 0 Å². The van der Waals surface area contributed by atoms with Crippen LogP contribution in [0.5, 0.6) is 0 Å². The summed E-state index contributed by atoms with van der Waals surface area (Å²) in [5, 5.41) is 0. The van der Waals surface area contributed by atoms with Gasteiger partial charge >= 0.3 is 6.18 Å². The molecule has 0 heterocycles. The van der Waals surface area contributed by atoms with Crippen molar-refractivity contribution in [3.8, 4) is 0 Å². The van der Waals surface area contributed by atoms with Crippen LogP contribution >= 0.6 is 0 Å². The first-order valence-corrected chi connectivity index (χ1v) is 5.65. The van der Waals surface area contributed by atoms with Crippen LogP contribution in [-0.2, 0) is 10.9 Å². The lowest BCUT2D eigenvalue weighted by Crippen LogP contribution is -2.25. The summed E-state index contributed by atoms with van der Waals surface area (Å²) in [7, 11) is 1.33. The van der Waals surface area contributed by atoms with Gasteiger partial charge in [0.15, 0.2) is 5.78 Å². The number of ether oxygens (including phenoxy) is 1. The number of carbonyl (C=O) groups excluding carboxylic acids is 1. The Morgan fingerprint density at radius 2 is 1.94 bits per heavy atom. The molecule has 0 N–H and O–H groups in total. The van der Waals surface area contributed by atoms with Crippen molar-refractivity contribution < 1.29 is 22.7 Å². The third-order valence-corrected chi connectivity index (χ3v) is 2.63. The lowest BCUT2D eigenvalue weighted by molar-refractivity contribution is -0.138. The molecule has 100 valence electrons. The molecule has 2 nitrogen and oxygen atoms in total. The second-order valence-corrected chi connectivity index (χ2v) is 3.92. The van der Waals surface area contributed by atoms with Gasteiger partial charge in [-0.25, -0.2) is 0 Å². The molecule has 1 aromatic rings. The predicted molar refractivity (Wildman–Crippen MR) is 61.5 cm³/mol. The van der Waals surface area contributed by atoms with E-state index in [9.17, 15) is 18.0 Å². The molecule has 0 saturated carbocycles. The number of halogens is 3. The number of carbonyl (C=O) groups is 1. The van der Waals surface area contributed by atoms with Crippen LogP contribution in [0.4, 0.5) is 13.2 Å². The van der Waals surface area contributed by atoms with E-state index in [2.05, 4.69) is 0 Å². The molecule has 5 heteroatoms. The Labute approximate surface area is 104 Å². The summed E-state index contributed by atoms with van der Waals surface area (Å²) in [5.74, 6) is -0.618. The van der Waals surface area contributed by atoms with Crippen molar-refractivity contribution in [3.05, 3.63) is 35.4 Å². The van der Waals surface area contributed by atoms with Crippen LogP contribution in [0, 0.1) is 0 Å². The highest BCUT2D eigenvalue weighted by molar-refractivity contribution is 6.00. The molecule has 0 aromatic heterocycles. The fraction of sp³-hybridized carbons (Fsp3) is 0.462. The van der Waals surface area contributed by atoms with E-state index in [1.54, 1.807) is 0 Å². The molecule has 0 radical (unpaired) electrons. The number of alkyl halides is 3. The second-order valence-electron chi connectivity index (χ2n) is 3.92. The summed E-state index contributed by atoms with van der Waals surface area (Å²) < 4.78 is 43.3. The Morgan fingerprint density at radius 1 is 1.33 bits per heavy atom. The standard InChI is InChI=1S/C13H15F3O2/c1-3-6-11(18-2)12(17)9-7-4-5-8-10(9)13(14,15)16/h4-5,7-8,11H,3,6H2,1-2H3. The number of ketones is 1. The minimum Gasteiger partial charge on any atom is -0.373 e. The molecule has 1 aromatic carbocycles. The van der Waals surface area contributed by atoms with Crippen LogP contribution in [0.1, 0.15) is 35.7 Å². The van der Waals surface area contributed by atoms with Crippen LogP contribution in [-0.4, -0.2) is 19.0 Å². The first-order valence-electron chi connectivity index (χ1n) is 5.65. The molecule has 0 amide bonds. The van der Waals surface area contributed by atoms with Gasteiger partial charge in [-0.2, -0.15) is 13.2 Å². The maximum absolute atomic E-state index is 12.8. The molecule has 0 aliphatic heterocycles.